The largest absolute Gasteiger partial charge is 0.493 e. The van der Waals surface area contributed by atoms with E-state index in [1.54, 1.807) is 7.11 Å². The molecule has 160 valence electrons. The van der Waals surface area contributed by atoms with Crippen LogP contribution in [0, 0.1) is 11.3 Å². The third-order valence-corrected chi connectivity index (χ3v) is 5.47. The van der Waals surface area contributed by atoms with Gasteiger partial charge >= 0.3 is 0 Å². The quantitative estimate of drug-likeness (QED) is 0.651. The average molecular weight is 413 g/mol. The minimum Gasteiger partial charge on any atom is -0.493 e. The number of methoxy groups -OCH3 is 1. The minimum atomic E-state index is -0.599. The van der Waals surface area contributed by atoms with Gasteiger partial charge in [-0.3, -0.25) is 4.79 Å². The van der Waals surface area contributed by atoms with Crippen LogP contribution in [0.25, 0.3) is 0 Å². The number of piperidine rings is 1. The van der Waals surface area contributed by atoms with Crippen molar-refractivity contribution >= 4 is 18.3 Å². The van der Waals surface area contributed by atoms with Gasteiger partial charge in [0.2, 0.25) is 5.91 Å². The topological polar surface area (TPSA) is 59.6 Å². The highest BCUT2D eigenvalue weighted by Gasteiger charge is 2.35. The van der Waals surface area contributed by atoms with E-state index in [4.69, 9.17) is 9.47 Å². The normalized spacial score (nSPS) is 16.4. The van der Waals surface area contributed by atoms with Gasteiger partial charge < -0.3 is 20.1 Å². The van der Waals surface area contributed by atoms with E-state index in [-0.39, 0.29) is 23.7 Å². The number of halogens is 1. The van der Waals surface area contributed by atoms with Crippen molar-refractivity contribution < 1.29 is 14.3 Å². The van der Waals surface area contributed by atoms with Crippen LogP contribution in [-0.4, -0.2) is 45.9 Å². The van der Waals surface area contributed by atoms with Crippen molar-refractivity contribution in [3.05, 3.63) is 29.8 Å². The second-order valence-electron chi connectivity index (χ2n) is 8.72. The molecule has 0 aliphatic carbocycles. The molecule has 2 N–H and O–H groups in total. The third-order valence-electron chi connectivity index (χ3n) is 5.47. The molecular formula is C22H37ClN2O3. The molecule has 0 bridgehead atoms. The predicted octanol–water partition coefficient (Wildman–Crippen LogP) is 3.55. The first kappa shape index (κ1) is 24.7. The lowest BCUT2D eigenvalue weighted by molar-refractivity contribution is -0.126. The highest BCUT2D eigenvalue weighted by molar-refractivity contribution is 5.87. The first-order valence-electron chi connectivity index (χ1n) is 10.0. The van der Waals surface area contributed by atoms with E-state index >= 15 is 0 Å². The summed E-state index contributed by atoms with van der Waals surface area (Å²) in [5.74, 6) is 1.38. The van der Waals surface area contributed by atoms with Gasteiger partial charge in [0.1, 0.15) is 5.75 Å². The van der Waals surface area contributed by atoms with Gasteiger partial charge in [-0.25, -0.2) is 0 Å². The van der Waals surface area contributed by atoms with Crippen molar-refractivity contribution in [1.29, 1.82) is 0 Å². The van der Waals surface area contributed by atoms with Crippen molar-refractivity contribution in [3.63, 3.8) is 0 Å². The molecule has 1 aliphatic rings. The number of hydrogen-bond donors (Lipinski definition) is 2. The molecular weight excluding hydrogens is 376 g/mol. The summed E-state index contributed by atoms with van der Waals surface area (Å²) in [4.78, 5) is 13.0. The van der Waals surface area contributed by atoms with Gasteiger partial charge in [0.15, 0.2) is 0 Å². The van der Waals surface area contributed by atoms with E-state index in [9.17, 15) is 4.79 Å². The van der Waals surface area contributed by atoms with Crippen LogP contribution in [0.3, 0.4) is 0 Å². The molecule has 0 spiro atoms. The zero-order valence-electron chi connectivity index (χ0n) is 18.0. The van der Waals surface area contributed by atoms with Gasteiger partial charge in [0.25, 0.3) is 0 Å². The Hall–Kier alpha value is -1.30. The van der Waals surface area contributed by atoms with Crippen molar-refractivity contribution in [2.24, 2.45) is 11.3 Å². The molecule has 0 aromatic heterocycles. The minimum absolute atomic E-state index is 0. The summed E-state index contributed by atoms with van der Waals surface area (Å²) >= 11 is 0. The Balaban J connectivity index is 0.00000392. The maximum Gasteiger partial charge on any atom is 0.230 e. The van der Waals surface area contributed by atoms with Crippen molar-refractivity contribution in [2.75, 3.05) is 40.0 Å². The van der Waals surface area contributed by atoms with Crippen LogP contribution in [0.4, 0.5) is 0 Å². The fourth-order valence-electron chi connectivity index (χ4n) is 3.49. The number of benzene rings is 1. The lowest BCUT2D eigenvalue weighted by Crippen LogP contribution is -2.50. The standard InChI is InChI=1S/C22H36N2O3.ClH/c1-17(2)14-27-19-8-6-18(7-9-19)21(3,4)20(25)24-15-22(16-26-5)10-12-23-13-11-22;/h6-9,17,23H,10-16H2,1-5H3,(H,24,25);1H. The Morgan fingerprint density at radius 1 is 1.21 bits per heavy atom. The van der Waals surface area contributed by atoms with Crippen LogP contribution in [0.2, 0.25) is 0 Å². The lowest BCUT2D eigenvalue weighted by Gasteiger charge is -2.38. The average Bonchev–Trinajstić information content (AvgIpc) is 2.66. The van der Waals surface area contributed by atoms with Crippen LogP contribution >= 0.6 is 12.4 Å². The molecule has 1 aliphatic heterocycles. The van der Waals surface area contributed by atoms with Crippen LogP contribution in [0.15, 0.2) is 24.3 Å². The second kappa shape index (κ2) is 11.0. The van der Waals surface area contributed by atoms with Gasteiger partial charge in [-0.15, -0.1) is 12.4 Å². The van der Waals surface area contributed by atoms with Crippen molar-refractivity contribution in [3.8, 4) is 5.75 Å². The van der Waals surface area contributed by atoms with Gasteiger partial charge in [-0.2, -0.15) is 0 Å². The number of carbonyl (C=O) groups is 1. The summed E-state index contributed by atoms with van der Waals surface area (Å²) in [6.07, 6.45) is 2.03. The molecule has 28 heavy (non-hydrogen) atoms. The first-order chi connectivity index (χ1) is 12.8. The number of hydrogen-bond acceptors (Lipinski definition) is 4. The molecule has 2 rings (SSSR count). The van der Waals surface area contributed by atoms with Gasteiger partial charge in [-0.1, -0.05) is 26.0 Å². The molecule has 1 aromatic rings. The summed E-state index contributed by atoms with van der Waals surface area (Å²) < 4.78 is 11.2. The second-order valence-corrected chi connectivity index (χ2v) is 8.72. The maximum absolute atomic E-state index is 13.0. The summed E-state index contributed by atoms with van der Waals surface area (Å²) in [7, 11) is 1.73. The predicted molar refractivity (Wildman–Crippen MR) is 116 cm³/mol. The Morgan fingerprint density at radius 2 is 1.82 bits per heavy atom. The zero-order valence-corrected chi connectivity index (χ0v) is 18.8. The SMILES string of the molecule is COCC1(CNC(=O)C(C)(C)c2ccc(OCC(C)C)cc2)CCNCC1.Cl. The van der Waals surface area contributed by atoms with E-state index in [0.717, 1.165) is 37.2 Å². The lowest BCUT2D eigenvalue weighted by atomic mass is 9.78. The Morgan fingerprint density at radius 3 is 2.36 bits per heavy atom. The van der Waals surface area contributed by atoms with Crippen LogP contribution < -0.4 is 15.4 Å². The Bertz CT molecular complexity index is 591. The number of carbonyl (C=O) groups excluding carboxylic acids is 1. The summed E-state index contributed by atoms with van der Waals surface area (Å²) in [5.41, 5.74) is 0.417. The van der Waals surface area contributed by atoms with E-state index in [1.807, 2.05) is 38.1 Å². The van der Waals surface area contributed by atoms with Gasteiger partial charge in [0.05, 0.1) is 18.6 Å². The molecule has 5 nitrogen and oxygen atoms in total. The number of amides is 1. The summed E-state index contributed by atoms with van der Waals surface area (Å²) in [6.45, 7) is 12.2. The monoisotopic (exact) mass is 412 g/mol. The zero-order chi connectivity index (χ0) is 19.9. The van der Waals surface area contributed by atoms with Crippen molar-refractivity contribution in [2.45, 2.75) is 46.0 Å². The maximum atomic E-state index is 13.0. The highest BCUT2D eigenvalue weighted by atomic mass is 35.5. The molecule has 1 saturated heterocycles. The third kappa shape index (κ3) is 6.64. The van der Waals surface area contributed by atoms with Crippen LogP contribution in [0.1, 0.15) is 46.1 Å². The number of nitrogens with one attached hydrogen (secondary N) is 2. The Kier molecular flexibility index (Phi) is 9.75. The summed E-state index contributed by atoms with van der Waals surface area (Å²) in [5, 5.41) is 6.58. The summed E-state index contributed by atoms with van der Waals surface area (Å²) in [6, 6.07) is 7.88. The highest BCUT2D eigenvalue weighted by Crippen LogP contribution is 2.30. The van der Waals surface area contributed by atoms with Gasteiger partial charge in [0, 0.05) is 19.1 Å². The molecule has 0 unspecified atom stereocenters. The molecule has 0 saturated carbocycles. The molecule has 1 aromatic carbocycles. The number of rotatable bonds is 9. The fraction of sp³-hybridized carbons (Fsp3) is 0.682. The molecule has 1 amide bonds. The van der Waals surface area contributed by atoms with Crippen LogP contribution in [0.5, 0.6) is 5.75 Å². The van der Waals surface area contributed by atoms with E-state index in [2.05, 4.69) is 24.5 Å². The molecule has 0 radical (unpaired) electrons. The first-order valence-corrected chi connectivity index (χ1v) is 10.0. The molecule has 1 heterocycles. The van der Waals surface area contributed by atoms with Gasteiger partial charge in [-0.05, 0) is 63.4 Å². The molecule has 0 atom stereocenters. The van der Waals surface area contributed by atoms with E-state index < -0.39 is 5.41 Å². The van der Waals surface area contributed by atoms with Crippen LogP contribution in [-0.2, 0) is 14.9 Å². The fourth-order valence-corrected chi connectivity index (χ4v) is 3.49. The van der Waals surface area contributed by atoms with Crippen molar-refractivity contribution in [1.82, 2.24) is 10.6 Å². The van der Waals surface area contributed by atoms with E-state index in [1.165, 1.54) is 0 Å². The Labute approximate surface area is 176 Å². The van der Waals surface area contributed by atoms with E-state index in [0.29, 0.717) is 25.7 Å². The smallest absolute Gasteiger partial charge is 0.230 e. The molecule has 1 fully saturated rings. The number of ether oxygens (including phenoxy) is 2. The molecule has 6 heteroatoms.